The number of carboxylic acids is 1. The largest absolute Gasteiger partial charge is 0.475 e. The van der Waals surface area contributed by atoms with Gasteiger partial charge in [-0.3, -0.25) is 0 Å². The van der Waals surface area contributed by atoms with Gasteiger partial charge >= 0.3 is 5.97 Å². The number of halogens is 1. The summed E-state index contributed by atoms with van der Waals surface area (Å²) in [5.41, 5.74) is 0.193. The molecule has 0 amide bonds. The molecule has 0 fully saturated rings. The van der Waals surface area contributed by atoms with Crippen LogP contribution in [-0.4, -0.2) is 30.9 Å². The maximum atomic E-state index is 12.6. The van der Waals surface area contributed by atoms with Crippen LogP contribution in [0, 0.1) is 5.95 Å². The molecule has 1 N–H and O–H groups in total. The Kier molecular flexibility index (Phi) is 1.44. The van der Waals surface area contributed by atoms with E-state index < -0.39 is 17.7 Å². The van der Waals surface area contributed by atoms with E-state index in [9.17, 15) is 9.18 Å². The Labute approximate surface area is 70.6 Å². The summed E-state index contributed by atoms with van der Waals surface area (Å²) in [7, 11) is 0. The minimum absolute atomic E-state index is 0.193. The van der Waals surface area contributed by atoms with Crippen molar-refractivity contribution < 1.29 is 14.3 Å². The first-order valence-electron chi connectivity index (χ1n) is 3.30. The van der Waals surface area contributed by atoms with Crippen molar-refractivity contribution in [3.8, 4) is 0 Å². The maximum absolute atomic E-state index is 12.6. The molecule has 2 aromatic heterocycles. The molecule has 13 heavy (non-hydrogen) atoms. The number of nitrogens with zero attached hydrogens (tertiary/aromatic N) is 4. The van der Waals surface area contributed by atoms with Gasteiger partial charge in [-0.25, -0.2) is 4.79 Å². The minimum atomic E-state index is -1.30. The van der Waals surface area contributed by atoms with E-state index >= 15 is 0 Å². The van der Waals surface area contributed by atoms with Gasteiger partial charge in [0.25, 0.3) is 5.82 Å². The second-order valence-electron chi connectivity index (χ2n) is 2.25. The summed E-state index contributed by atoms with van der Waals surface area (Å²) in [6, 6.07) is 2.37. The van der Waals surface area contributed by atoms with Gasteiger partial charge in [-0.05, 0) is 12.1 Å². The molecular weight excluding hydrogens is 179 g/mol. The molecule has 0 aliphatic heterocycles. The van der Waals surface area contributed by atoms with Gasteiger partial charge in [0.1, 0.15) is 0 Å². The molecule has 0 aliphatic carbocycles. The summed E-state index contributed by atoms with van der Waals surface area (Å²) in [5, 5.41) is 18.7. The lowest BCUT2D eigenvalue weighted by Gasteiger charge is -1.91. The van der Waals surface area contributed by atoms with E-state index in [2.05, 4.69) is 15.3 Å². The van der Waals surface area contributed by atoms with Crippen LogP contribution in [0.4, 0.5) is 4.39 Å². The summed E-state index contributed by atoms with van der Waals surface area (Å²) in [4.78, 5) is 10.5. The molecule has 7 heteroatoms. The van der Waals surface area contributed by atoms with E-state index in [4.69, 9.17) is 5.11 Å². The summed E-state index contributed by atoms with van der Waals surface area (Å²) >= 11 is 0. The third-order valence-electron chi connectivity index (χ3n) is 1.42. The fraction of sp³-hybridized carbons (Fsp3) is 0. The van der Waals surface area contributed by atoms with Crippen molar-refractivity contribution in [3.63, 3.8) is 0 Å². The van der Waals surface area contributed by atoms with Crippen LogP contribution < -0.4 is 0 Å². The number of aromatic nitrogens is 4. The van der Waals surface area contributed by atoms with Crippen LogP contribution in [-0.2, 0) is 0 Å². The lowest BCUT2D eigenvalue weighted by Crippen LogP contribution is -2.06. The smallest absolute Gasteiger partial charge is 0.375 e. The van der Waals surface area contributed by atoms with Crippen LogP contribution in [0.25, 0.3) is 5.65 Å². The van der Waals surface area contributed by atoms with Crippen molar-refractivity contribution in [2.45, 2.75) is 0 Å². The predicted molar refractivity (Wildman–Crippen MR) is 37.7 cm³/mol. The van der Waals surface area contributed by atoms with Gasteiger partial charge in [-0.15, -0.1) is 15.3 Å². The predicted octanol–water partition coefficient (Wildman–Crippen LogP) is -0.0384. The van der Waals surface area contributed by atoms with Crippen molar-refractivity contribution in [1.29, 1.82) is 0 Å². The molecule has 2 rings (SSSR count). The first-order valence-corrected chi connectivity index (χ1v) is 3.30. The van der Waals surface area contributed by atoms with Crippen LogP contribution in [0.5, 0.6) is 0 Å². The number of aromatic carboxylic acids is 1. The van der Waals surface area contributed by atoms with E-state index in [0.29, 0.717) is 0 Å². The fourth-order valence-corrected chi connectivity index (χ4v) is 0.900. The minimum Gasteiger partial charge on any atom is -0.475 e. The standard InChI is InChI=1S/C6H3FN4O2/c7-3-1-2-4-8-9-5(6(12)13)11(4)10-3/h1-2H,(H,12,13). The van der Waals surface area contributed by atoms with E-state index in [1.807, 2.05) is 0 Å². The van der Waals surface area contributed by atoms with Gasteiger partial charge in [-0.2, -0.15) is 8.91 Å². The van der Waals surface area contributed by atoms with Crippen molar-refractivity contribution in [1.82, 2.24) is 19.8 Å². The van der Waals surface area contributed by atoms with Crippen LogP contribution in [0.3, 0.4) is 0 Å². The van der Waals surface area contributed by atoms with E-state index in [1.165, 1.54) is 6.07 Å². The maximum Gasteiger partial charge on any atom is 0.375 e. The summed E-state index contributed by atoms with van der Waals surface area (Å²) in [6.45, 7) is 0. The van der Waals surface area contributed by atoms with Gasteiger partial charge in [0, 0.05) is 0 Å². The molecule has 0 saturated heterocycles. The highest BCUT2D eigenvalue weighted by molar-refractivity contribution is 5.83. The molecule has 0 aliphatic rings. The Morgan fingerprint density at radius 3 is 2.92 bits per heavy atom. The number of hydrogen-bond acceptors (Lipinski definition) is 4. The zero-order valence-electron chi connectivity index (χ0n) is 6.18. The van der Waals surface area contributed by atoms with E-state index in [1.54, 1.807) is 0 Å². The number of carbonyl (C=O) groups is 1. The molecule has 2 aromatic rings. The highest BCUT2D eigenvalue weighted by Crippen LogP contribution is 2.01. The van der Waals surface area contributed by atoms with Crippen molar-refractivity contribution in [2.75, 3.05) is 0 Å². The molecule has 0 radical (unpaired) electrons. The van der Waals surface area contributed by atoms with Crippen LogP contribution in [0.2, 0.25) is 0 Å². The highest BCUT2D eigenvalue weighted by atomic mass is 19.1. The first-order chi connectivity index (χ1) is 6.18. The zero-order chi connectivity index (χ0) is 9.42. The lowest BCUT2D eigenvalue weighted by atomic mass is 10.5. The van der Waals surface area contributed by atoms with Gasteiger partial charge in [-0.1, -0.05) is 0 Å². The molecule has 0 aromatic carbocycles. The van der Waals surface area contributed by atoms with Crippen molar-refractivity contribution in [2.24, 2.45) is 0 Å². The summed E-state index contributed by atoms with van der Waals surface area (Å²) in [6.07, 6.45) is 0. The second-order valence-corrected chi connectivity index (χ2v) is 2.25. The summed E-state index contributed by atoms with van der Waals surface area (Å²) < 4.78 is 13.4. The van der Waals surface area contributed by atoms with Gasteiger partial charge in [0.2, 0.25) is 5.95 Å². The quantitative estimate of drug-likeness (QED) is 0.669. The Morgan fingerprint density at radius 2 is 2.23 bits per heavy atom. The number of rotatable bonds is 1. The highest BCUT2D eigenvalue weighted by Gasteiger charge is 2.13. The average molecular weight is 182 g/mol. The summed E-state index contributed by atoms with van der Waals surface area (Å²) in [5.74, 6) is -2.49. The molecule has 0 spiro atoms. The number of fused-ring (bicyclic) bond motifs is 1. The fourth-order valence-electron chi connectivity index (χ4n) is 0.900. The SMILES string of the molecule is O=C(O)c1nnc2ccc(F)nn12. The monoisotopic (exact) mass is 182 g/mol. The van der Waals surface area contributed by atoms with Gasteiger partial charge in [0.15, 0.2) is 5.65 Å². The topological polar surface area (TPSA) is 80.4 Å². The van der Waals surface area contributed by atoms with Crippen LogP contribution in [0.15, 0.2) is 12.1 Å². The Hall–Kier alpha value is -2.05. The Morgan fingerprint density at radius 1 is 1.46 bits per heavy atom. The average Bonchev–Trinajstić information content (AvgIpc) is 2.46. The molecule has 2 heterocycles. The van der Waals surface area contributed by atoms with E-state index in [-0.39, 0.29) is 5.65 Å². The van der Waals surface area contributed by atoms with Crippen LogP contribution >= 0.6 is 0 Å². The number of hydrogen-bond donors (Lipinski definition) is 1. The van der Waals surface area contributed by atoms with Gasteiger partial charge < -0.3 is 5.11 Å². The molecule has 66 valence electrons. The number of carboxylic acid groups (broad SMARTS) is 1. The molecule has 6 nitrogen and oxygen atoms in total. The van der Waals surface area contributed by atoms with Gasteiger partial charge in [0.05, 0.1) is 0 Å². The van der Waals surface area contributed by atoms with Crippen LogP contribution in [0.1, 0.15) is 10.6 Å². The molecule has 0 bridgehead atoms. The normalized spacial score (nSPS) is 10.5. The molecule has 0 unspecified atom stereocenters. The Balaban J connectivity index is 2.79. The first kappa shape index (κ1) is 7.59. The third-order valence-corrected chi connectivity index (χ3v) is 1.42. The van der Waals surface area contributed by atoms with E-state index in [0.717, 1.165) is 10.6 Å². The third kappa shape index (κ3) is 1.10. The second kappa shape index (κ2) is 2.47. The Bertz CT molecular complexity index is 480. The lowest BCUT2D eigenvalue weighted by molar-refractivity contribution is 0.0680. The van der Waals surface area contributed by atoms with Crippen molar-refractivity contribution in [3.05, 3.63) is 23.9 Å². The zero-order valence-corrected chi connectivity index (χ0v) is 6.18. The molecule has 0 atom stereocenters. The van der Waals surface area contributed by atoms with Crippen molar-refractivity contribution >= 4 is 11.6 Å². The molecular formula is C6H3FN4O2. The molecule has 0 saturated carbocycles.